The largest absolute Gasteiger partial charge is 0.492 e. The fourth-order valence-electron chi connectivity index (χ4n) is 2.74. The van der Waals surface area contributed by atoms with Gasteiger partial charge in [0.2, 0.25) is 0 Å². The van der Waals surface area contributed by atoms with Crippen LogP contribution in [0, 0.1) is 0 Å². The number of hydrogen-bond donors (Lipinski definition) is 1. The molecule has 200 valence electrons. The standard InChI is InChI=1S/C22H30F5NO7/c1-3-12-34-20(31)28(10-5-13-35-22(26,27)21(23,24)25)11-14-33-17-8-6-16(7-9-17)15-18(19(29)30)32-4-2/h6-9,18H,3-5,10-15H2,1-2H3,(H,29,30). The second kappa shape index (κ2) is 14.7. The highest BCUT2D eigenvalue weighted by molar-refractivity contribution is 5.72. The van der Waals surface area contributed by atoms with Gasteiger partial charge in [0.25, 0.3) is 0 Å². The Morgan fingerprint density at radius 1 is 1.00 bits per heavy atom. The summed E-state index contributed by atoms with van der Waals surface area (Å²) in [6, 6.07) is 6.53. The molecule has 35 heavy (non-hydrogen) atoms. The first kappa shape index (κ1) is 30.4. The van der Waals surface area contributed by atoms with Crippen molar-refractivity contribution in [2.24, 2.45) is 0 Å². The SMILES string of the molecule is CCCOC(=O)N(CCCOC(F)(F)C(F)(F)F)CCOc1ccc(CC(OCC)C(=O)O)cc1. The van der Waals surface area contributed by atoms with Crippen molar-refractivity contribution in [3.05, 3.63) is 29.8 Å². The Labute approximate surface area is 199 Å². The van der Waals surface area contributed by atoms with Crippen LogP contribution in [0.3, 0.4) is 0 Å². The highest BCUT2D eigenvalue weighted by Gasteiger charge is 2.59. The van der Waals surface area contributed by atoms with E-state index in [0.717, 1.165) is 4.90 Å². The van der Waals surface area contributed by atoms with Gasteiger partial charge in [0.15, 0.2) is 6.10 Å². The van der Waals surface area contributed by atoms with E-state index in [1.807, 2.05) is 0 Å². The van der Waals surface area contributed by atoms with Crippen molar-refractivity contribution in [1.29, 1.82) is 0 Å². The average molecular weight is 515 g/mol. The minimum atomic E-state index is -5.83. The second-order valence-electron chi connectivity index (χ2n) is 7.30. The van der Waals surface area contributed by atoms with Crippen molar-refractivity contribution in [3.8, 4) is 5.75 Å². The minimum absolute atomic E-state index is 0.0170. The number of hydrogen-bond acceptors (Lipinski definition) is 6. The van der Waals surface area contributed by atoms with E-state index in [4.69, 9.17) is 19.3 Å². The highest BCUT2D eigenvalue weighted by Crippen LogP contribution is 2.36. The third-order valence-corrected chi connectivity index (χ3v) is 4.49. The first-order valence-electron chi connectivity index (χ1n) is 11.0. The Bertz CT molecular complexity index is 774. The smallest absolute Gasteiger partial charge is 0.482 e. The summed E-state index contributed by atoms with van der Waals surface area (Å²) >= 11 is 0. The van der Waals surface area contributed by atoms with Gasteiger partial charge in [-0.3, -0.25) is 0 Å². The Morgan fingerprint density at radius 3 is 2.20 bits per heavy atom. The van der Waals surface area contributed by atoms with E-state index in [-0.39, 0.29) is 45.8 Å². The number of carbonyl (C=O) groups excluding carboxylic acids is 1. The molecule has 1 aromatic rings. The summed E-state index contributed by atoms with van der Waals surface area (Å²) in [5.41, 5.74) is 0.707. The molecule has 1 atom stereocenters. The number of nitrogens with zero attached hydrogens (tertiary/aromatic N) is 1. The lowest BCUT2D eigenvalue weighted by Gasteiger charge is -2.23. The summed E-state index contributed by atoms with van der Waals surface area (Å²) in [5, 5.41) is 9.15. The molecule has 1 unspecified atom stereocenters. The number of carboxylic acids is 1. The molecule has 1 aromatic carbocycles. The van der Waals surface area contributed by atoms with Gasteiger partial charge in [0.1, 0.15) is 12.4 Å². The van der Waals surface area contributed by atoms with Gasteiger partial charge in [-0.15, -0.1) is 0 Å². The monoisotopic (exact) mass is 515 g/mol. The van der Waals surface area contributed by atoms with Gasteiger partial charge in [0.05, 0.1) is 19.8 Å². The Balaban J connectivity index is 2.59. The Hall–Kier alpha value is -2.67. The average Bonchev–Trinajstić information content (AvgIpc) is 2.78. The molecule has 1 amide bonds. The topological polar surface area (TPSA) is 94.5 Å². The van der Waals surface area contributed by atoms with Gasteiger partial charge >= 0.3 is 24.3 Å². The van der Waals surface area contributed by atoms with Crippen LogP contribution in [0.2, 0.25) is 0 Å². The molecular formula is C22H30F5NO7. The number of rotatable bonds is 16. The van der Waals surface area contributed by atoms with Crippen molar-refractivity contribution in [2.45, 2.75) is 51.5 Å². The molecular weight excluding hydrogens is 485 g/mol. The molecule has 1 N–H and O–H groups in total. The zero-order valence-electron chi connectivity index (χ0n) is 19.5. The lowest BCUT2D eigenvalue weighted by atomic mass is 10.1. The molecule has 0 bridgehead atoms. The van der Waals surface area contributed by atoms with Gasteiger partial charge in [-0.1, -0.05) is 19.1 Å². The van der Waals surface area contributed by atoms with Crippen LogP contribution in [0.5, 0.6) is 5.75 Å². The predicted octanol–water partition coefficient (Wildman–Crippen LogP) is 4.51. The maximum absolute atomic E-state index is 12.8. The van der Waals surface area contributed by atoms with Crippen molar-refractivity contribution >= 4 is 12.1 Å². The molecule has 0 fully saturated rings. The lowest BCUT2D eigenvalue weighted by molar-refractivity contribution is -0.391. The maximum atomic E-state index is 12.8. The molecule has 0 aromatic heterocycles. The third-order valence-electron chi connectivity index (χ3n) is 4.49. The fourth-order valence-corrected chi connectivity index (χ4v) is 2.74. The zero-order valence-corrected chi connectivity index (χ0v) is 19.5. The Morgan fingerprint density at radius 2 is 1.66 bits per heavy atom. The molecule has 0 radical (unpaired) electrons. The summed E-state index contributed by atoms with van der Waals surface area (Å²) < 4.78 is 81.5. The lowest BCUT2D eigenvalue weighted by Crippen LogP contribution is -2.40. The van der Waals surface area contributed by atoms with E-state index in [2.05, 4.69) is 4.74 Å². The maximum Gasteiger partial charge on any atom is 0.482 e. The van der Waals surface area contributed by atoms with Crippen LogP contribution in [0.15, 0.2) is 24.3 Å². The third kappa shape index (κ3) is 11.1. The van der Waals surface area contributed by atoms with E-state index < -0.39 is 37.1 Å². The van der Waals surface area contributed by atoms with E-state index in [9.17, 15) is 31.5 Å². The number of aliphatic carboxylic acids is 1. The van der Waals surface area contributed by atoms with E-state index >= 15 is 0 Å². The van der Waals surface area contributed by atoms with Crippen LogP contribution in [0.25, 0.3) is 0 Å². The highest BCUT2D eigenvalue weighted by atomic mass is 19.4. The van der Waals surface area contributed by atoms with Crippen LogP contribution in [0.1, 0.15) is 32.3 Å². The van der Waals surface area contributed by atoms with E-state index in [1.54, 1.807) is 38.1 Å². The molecule has 0 aliphatic heterocycles. The first-order chi connectivity index (χ1) is 16.4. The number of alkyl halides is 5. The number of halogens is 5. The predicted molar refractivity (Wildman–Crippen MR) is 113 cm³/mol. The van der Waals surface area contributed by atoms with Crippen LogP contribution in [-0.2, 0) is 25.4 Å². The molecule has 0 saturated heterocycles. The van der Waals surface area contributed by atoms with Gasteiger partial charge in [-0.05, 0) is 37.5 Å². The van der Waals surface area contributed by atoms with Crippen molar-refractivity contribution in [3.63, 3.8) is 0 Å². The molecule has 1 rings (SSSR count). The molecule has 0 spiro atoms. The van der Waals surface area contributed by atoms with Crippen molar-refractivity contribution in [1.82, 2.24) is 4.90 Å². The van der Waals surface area contributed by atoms with Crippen LogP contribution in [-0.4, -0.2) is 80.0 Å². The van der Waals surface area contributed by atoms with Gasteiger partial charge in [-0.25, -0.2) is 9.59 Å². The Kier molecular flexibility index (Phi) is 12.7. The fraction of sp³-hybridized carbons (Fsp3) is 0.636. The molecule has 13 heteroatoms. The summed E-state index contributed by atoms with van der Waals surface area (Å²) in [5.74, 6) is -0.651. The second-order valence-corrected chi connectivity index (χ2v) is 7.30. The molecule has 0 aliphatic rings. The van der Waals surface area contributed by atoms with Crippen LogP contribution < -0.4 is 4.74 Å². The zero-order chi connectivity index (χ0) is 26.5. The number of carboxylic acid groups (broad SMARTS) is 1. The summed E-state index contributed by atoms with van der Waals surface area (Å²) in [6.07, 6.45) is -12.4. The quantitative estimate of drug-likeness (QED) is 0.256. The molecule has 0 aliphatic carbocycles. The van der Waals surface area contributed by atoms with Crippen LogP contribution >= 0.6 is 0 Å². The van der Waals surface area contributed by atoms with E-state index in [1.165, 1.54) is 0 Å². The normalized spacial score (nSPS) is 12.8. The molecule has 8 nitrogen and oxygen atoms in total. The summed E-state index contributed by atoms with van der Waals surface area (Å²) in [4.78, 5) is 24.5. The number of ether oxygens (including phenoxy) is 4. The van der Waals surface area contributed by atoms with Gasteiger partial charge in [0, 0.05) is 19.6 Å². The van der Waals surface area contributed by atoms with Crippen molar-refractivity contribution in [2.75, 3.05) is 39.5 Å². The first-order valence-corrected chi connectivity index (χ1v) is 11.0. The number of amides is 1. The molecule has 0 heterocycles. The van der Waals surface area contributed by atoms with Crippen molar-refractivity contribution < 1.29 is 55.6 Å². The van der Waals surface area contributed by atoms with Gasteiger partial charge in [-0.2, -0.15) is 22.0 Å². The minimum Gasteiger partial charge on any atom is -0.492 e. The van der Waals surface area contributed by atoms with Crippen LogP contribution in [0.4, 0.5) is 26.7 Å². The molecule has 0 saturated carbocycles. The van der Waals surface area contributed by atoms with Gasteiger partial charge < -0.3 is 29.0 Å². The number of benzene rings is 1. The van der Waals surface area contributed by atoms with E-state index in [0.29, 0.717) is 17.7 Å². The summed E-state index contributed by atoms with van der Waals surface area (Å²) in [7, 11) is 0. The number of carbonyl (C=O) groups is 2. The summed E-state index contributed by atoms with van der Waals surface area (Å²) in [6.45, 7) is 2.68.